The van der Waals surface area contributed by atoms with Gasteiger partial charge in [-0.05, 0) is 37.4 Å². The van der Waals surface area contributed by atoms with Crippen molar-refractivity contribution < 1.29 is 9.90 Å². The molecule has 0 fully saturated rings. The number of carboxylic acids is 1. The van der Waals surface area contributed by atoms with Crippen molar-refractivity contribution in [3.8, 4) is 0 Å². The zero-order valence-electron chi connectivity index (χ0n) is 11.1. The molecule has 1 aliphatic rings. The summed E-state index contributed by atoms with van der Waals surface area (Å²) in [6, 6.07) is 7.05. The van der Waals surface area contributed by atoms with Gasteiger partial charge < -0.3 is 5.11 Å². The van der Waals surface area contributed by atoms with E-state index in [4.69, 9.17) is 5.11 Å². The molecule has 0 radical (unpaired) electrons. The molecule has 0 spiro atoms. The largest absolute Gasteiger partial charge is 0.481 e. The van der Waals surface area contributed by atoms with Gasteiger partial charge in [0.25, 0.3) is 0 Å². The van der Waals surface area contributed by atoms with Crippen LogP contribution in [0.2, 0.25) is 0 Å². The number of hydrogen-bond donors (Lipinski definition) is 1. The highest BCUT2D eigenvalue weighted by Crippen LogP contribution is 2.36. The van der Waals surface area contributed by atoms with Gasteiger partial charge in [0.1, 0.15) is 0 Å². The van der Waals surface area contributed by atoms with E-state index in [2.05, 4.69) is 36.9 Å². The number of aryl methyl sites for hydroxylation is 2. The number of nitrogens with zero attached hydrogens (tertiary/aromatic N) is 1. The molecule has 0 saturated carbocycles. The molecule has 18 heavy (non-hydrogen) atoms. The van der Waals surface area contributed by atoms with Gasteiger partial charge in [0.15, 0.2) is 0 Å². The molecule has 0 amide bonds. The van der Waals surface area contributed by atoms with Gasteiger partial charge in [-0.15, -0.1) is 0 Å². The van der Waals surface area contributed by atoms with Crippen LogP contribution < -0.4 is 0 Å². The van der Waals surface area contributed by atoms with Crippen molar-refractivity contribution in [2.75, 3.05) is 13.1 Å². The van der Waals surface area contributed by atoms with E-state index in [1.165, 1.54) is 16.7 Å². The van der Waals surface area contributed by atoms with E-state index >= 15 is 0 Å². The van der Waals surface area contributed by atoms with Crippen molar-refractivity contribution in [1.29, 1.82) is 0 Å². The predicted molar refractivity (Wildman–Crippen MR) is 71.7 cm³/mol. The van der Waals surface area contributed by atoms with E-state index in [0.29, 0.717) is 12.6 Å². The molecule has 0 bridgehead atoms. The maximum atomic E-state index is 10.7. The van der Waals surface area contributed by atoms with Crippen LogP contribution in [0.3, 0.4) is 0 Å². The van der Waals surface area contributed by atoms with E-state index < -0.39 is 5.97 Å². The third-order valence-electron chi connectivity index (χ3n) is 3.81. The Balaban J connectivity index is 2.14. The molecule has 1 aliphatic carbocycles. The SMILES string of the molecule is CCN(CCC(=O)O)C1CCc2ccc(C)cc21. The Morgan fingerprint density at radius 3 is 2.94 bits per heavy atom. The average Bonchev–Trinajstić information content (AvgIpc) is 2.73. The molecule has 1 atom stereocenters. The van der Waals surface area contributed by atoms with E-state index in [9.17, 15) is 4.79 Å². The van der Waals surface area contributed by atoms with Gasteiger partial charge in [0.2, 0.25) is 0 Å². The summed E-state index contributed by atoms with van der Waals surface area (Å²) in [4.78, 5) is 13.0. The maximum Gasteiger partial charge on any atom is 0.304 e. The van der Waals surface area contributed by atoms with Crippen LogP contribution in [0.5, 0.6) is 0 Å². The standard InChI is InChI=1S/C15H21NO2/c1-3-16(9-8-15(17)18)14-7-6-12-5-4-11(2)10-13(12)14/h4-5,10,14H,3,6-9H2,1-2H3,(H,17,18). The van der Waals surface area contributed by atoms with E-state index in [1.807, 2.05) is 0 Å². The molecule has 3 nitrogen and oxygen atoms in total. The maximum absolute atomic E-state index is 10.7. The molecule has 0 saturated heterocycles. The third kappa shape index (κ3) is 2.72. The molecule has 1 N–H and O–H groups in total. The lowest BCUT2D eigenvalue weighted by molar-refractivity contribution is -0.137. The lowest BCUT2D eigenvalue weighted by Crippen LogP contribution is -2.29. The zero-order chi connectivity index (χ0) is 13.1. The lowest BCUT2D eigenvalue weighted by atomic mass is 10.0. The summed E-state index contributed by atoms with van der Waals surface area (Å²) in [5.41, 5.74) is 4.12. The minimum atomic E-state index is -0.712. The summed E-state index contributed by atoms with van der Waals surface area (Å²) in [5.74, 6) is -0.712. The smallest absolute Gasteiger partial charge is 0.304 e. The fourth-order valence-electron chi connectivity index (χ4n) is 2.85. The number of carboxylic acid groups (broad SMARTS) is 1. The Kier molecular flexibility index (Phi) is 4.02. The molecule has 0 aliphatic heterocycles. The van der Waals surface area contributed by atoms with Gasteiger partial charge in [-0.1, -0.05) is 30.7 Å². The number of rotatable bonds is 5. The monoisotopic (exact) mass is 247 g/mol. The van der Waals surface area contributed by atoms with Crippen molar-refractivity contribution in [3.05, 3.63) is 34.9 Å². The van der Waals surface area contributed by atoms with Gasteiger partial charge in [-0.2, -0.15) is 0 Å². The molecule has 0 heterocycles. The van der Waals surface area contributed by atoms with Gasteiger partial charge >= 0.3 is 5.97 Å². The summed E-state index contributed by atoms with van der Waals surface area (Å²) >= 11 is 0. The van der Waals surface area contributed by atoms with Crippen LogP contribution in [0.15, 0.2) is 18.2 Å². The van der Waals surface area contributed by atoms with Gasteiger partial charge in [-0.25, -0.2) is 0 Å². The van der Waals surface area contributed by atoms with Gasteiger partial charge in [-0.3, -0.25) is 9.69 Å². The summed E-state index contributed by atoms with van der Waals surface area (Å²) < 4.78 is 0. The number of fused-ring (bicyclic) bond motifs is 1. The molecular formula is C15H21NO2. The first kappa shape index (κ1) is 13.1. The zero-order valence-corrected chi connectivity index (χ0v) is 11.1. The summed E-state index contributed by atoms with van der Waals surface area (Å²) in [7, 11) is 0. The van der Waals surface area contributed by atoms with E-state index in [-0.39, 0.29) is 6.42 Å². The van der Waals surface area contributed by atoms with Crippen molar-refractivity contribution in [1.82, 2.24) is 4.90 Å². The van der Waals surface area contributed by atoms with Crippen LogP contribution in [0, 0.1) is 6.92 Å². The van der Waals surface area contributed by atoms with Crippen LogP contribution in [0.1, 0.15) is 42.5 Å². The highest BCUT2D eigenvalue weighted by atomic mass is 16.4. The lowest BCUT2D eigenvalue weighted by Gasteiger charge is -2.28. The normalized spacial score (nSPS) is 18.1. The van der Waals surface area contributed by atoms with Crippen molar-refractivity contribution >= 4 is 5.97 Å². The molecule has 1 aromatic rings. The Bertz CT molecular complexity index is 442. The quantitative estimate of drug-likeness (QED) is 0.869. The predicted octanol–water partition coefficient (Wildman–Crippen LogP) is 2.78. The Morgan fingerprint density at radius 2 is 2.28 bits per heavy atom. The first-order chi connectivity index (χ1) is 8.61. The first-order valence-corrected chi connectivity index (χ1v) is 6.67. The van der Waals surface area contributed by atoms with Gasteiger partial charge in [0, 0.05) is 12.6 Å². The summed E-state index contributed by atoms with van der Waals surface area (Å²) in [6.45, 7) is 5.77. The third-order valence-corrected chi connectivity index (χ3v) is 3.81. The van der Waals surface area contributed by atoms with Crippen LogP contribution in [-0.4, -0.2) is 29.1 Å². The molecule has 1 unspecified atom stereocenters. The minimum absolute atomic E-state index is 0.228. The van der Waals surface area contributed by atoms with Crippen LogP contribution >= 0.6 is 0 Å². The summed E-state index contributed by atoms with van der Waals surface area (Å²) in [5, 5.41) is 8.81. The Labute approximate surface area is 108 Å². The molecule has 98 valence electrons. The number of hydrogen-bond acceptors (Lipinski definition) is 2. The van der Waals surface area contributed by atoms with Crippen molar-refractivity contribution in [2.45, 2.75) is 39.2 Å². The fraction of sp³-hybridized carbons (Fsp3) is 0.533. The fourth-order valence-corrected chi connectivity index (χ4v) is 2.85. The van der Waals surface area contributed by atoms with E-state index in [1.54, 1.807) is 0 Å². The summed E-state index contributed by atoms with van der Waals surface area (Å²) in [6.07, 6.45) is 2.46. The number of aliphatic carboxylic acids is 1. The molecule has 2 rings (SSSR count). The van der Waals surface area contributed by atoms with Crippen molar-refractivity contribution in [2.24, 2.45) is 0 Å². The van der Waals surface area contributed by atoms with E-state index in [0.717, 1.165) is 19.4 Å². The highest BCUT2D eigenvalue weighted by molar-refractivity contribution is 5.66. The first-order valence-electron chi connectivity index (χ1n) is 6.67. The van der Waals surface area contributed by atoms with Crippen LogP contribution in [0.25, 0.3) is 0 Å². The van der Waals surface area contributed by atoms with Gasteiger partial charge in [0.05, 0.1) is 6.42 Å². The Hall–Kier alpha value is -1.35. The molecular weight excluding hydrogens is 226 g/mol. The number of carbonyl (C=O) groups is 1. The Morgan fingerprint density at radius 1 is 1.50 bits per heavy atom. The van der Waals surface area contributed by atoms with Crippen LogP contribution in [-0.2, 0) is 11.2 Å². The molecule has 3 heteroatoms. The highest BCUT2D eigenvalue weighted by Gasteiger charge is 2.27. The second-order valence-electron chi connectivity index (χ2n) is 5.03. The van der Waals surface area contributed by atoms with Crippen molar-refractivity contribution in [3.63, 3.8) is 0 Å². The minimum Gasteiger partial charge on any atom is -0.481 e. The number of benzene rings is 1. The topological polar surface area (TPSA) is 40.5 Å². The second kappa shape index (κ2) is 5.53. The second-order valence-corrected chi connectivity index (χ2v) is 5.03. The van der Waals surface area contributed by atoms with Crippen LogP contribution in [0.4, 0.5) is 0 Å². The molecule has 0 aromatic heterocycles. The average molecular weight is 247 g/mol. The molecule has 1 aromatic carbocycles.